The van der Waals surface area contributed by atoms with Gasteiger partial charge in [0.2, 0.25) is 5.91 Å². The minimum Gasteiger partial charge on any atom is -0.489 e. The third kappa shape index (κ3) is 2.97. The Bertz CT molecular complexity index is 1290. The molecule has 30 heavy (non-hydrogen) atoms. The Hall–Kier alpha value is -3.80. The lowest BCUT2D eigenvalue weighted by molar-refractivity contribution is -0.118. The SMILES string of the molecule is CN(C(=O)Cn1c(=O)n2c3c(cc(-c4ccccc4)cc31)OCC2)c1ccccc1. The van der Waals surface area contributed by atoms with Crippen LogP contribution in [0.1, 0.15) is 0 Å². The lowest BCUT2D eigenvalue weighted by Crippen LogP contribution is -2.35. The molecule has 0 spiro atoms. The molecule has 6 heteroatoms. The molecule has 0 aliphatic carbocycles. The summed E-state index contributed by atoms with van der Waals surface area (Å²) in [5.74, 6) is 0.520. The Kier molecular flexibility index (Phi) is 4.39. The average Bonchev–Trinajstić information content (AvgIpc) is 3.07. The van der Waals surface area contributed by atoms with Crippen molar-refractivity contribution in [2.45, 2.75) is 13.1 Å². The fourth-order valence-corrected chi connectivity index (χ4v) is 3.97. The molecule has 1 aromatic heterocycles. The van der Waals surface area contributed by atoms with Crippen molar-refractivity contribution in [1.29, 1.82) is 0 Å². The maximum atomic E-state index is 13.1. The Morgan fingerprint density at radius 1 is 1.00 bits per heavy atom. The standard InChI is InChI=1S/C24H21N3O3/c1-25(19-10-6-3-7-11-19)22(28)16-27-20-14-18(17-8-4-2-5-9-17)15-21-23(20)26(24(27)29)12-13-30-21/h2-11,14-15H,12-13,16H2,1H3. The summed E-state index contributed by atoms with van der Waals surface area (Å²) in [7, 11) is 1.73. The highest BCUT2D eigenvalue weighted by molar-refractivity contribution is 5.95. The number of likely N-dealkylation sites (N-methyl/N-ethyl adjacent to an activating group) is 1. The van der Waals surface area contributed by atoms with E-state index in [1.807, 2.05) is 72.8 Å². The molecule has 0 unspecified atom stereocenters. The summed E-state index contributed by atoms with van der Waals surface area (Å²) in [6.45, 7) is 0.871. The van der Waals surface area contributed by atoms with Gasteiger partial charge in [-0.05, 0) is 35.4 Å². The molecule has 0 fully saturated rings. The zero-order valence-electron chi connectivity index (χ0n) is 16.6. The number of imidazole rings is 1. The van der Waals surface area contributed by atoms with E-state index in [9.17, 15) is 9.59 Å². The number of amides is 1. The normalized spacial score (nSPS) is 12.6. The van der Waals surface area contributed by atoms with Crippen molar-refractivity contribution in [3.63, 3.8) is 0 Å². The van der Waals surface area contributed by atoms with Gasteiger partial charge in [-0.15, -0.1) is 0 Å². The van der Waals surface area contributed by atoms with Gasteiger partial charge in [-0.3, -0.25) is 13.9 Å². The molecule has 0 saturated heterocycles. The third-order valence-corrected chi connectivity index (χ3v) is 5.57. The second kappa shape index (κ2) is 7.22. The predicted molar refractivity (Wildman–Crippen MR) is 117 cm³/mol. The molecule has 0 radical (unpaired) electrons. The molecule has 1 aliphatic heterocycles. The van der Waals surface area contributed by atoms with Crippen LogP contribution in [0, 0.1) is 0 Å². The van der Waals surface area contributed by atoms with Crippen LogP contribution in [0.15, 0.2) is 77.6 Å². The number of hydrogen-bond donors (Lipinski definition) is 0. The molecule has 5 rings (SSSR count). The van der Waals surface area contributed by atoms with Gasteiger partial charge in [0, 0.05) is 12.7 Å². The number of rotatable bonds is 4. The van der Waals surface area contributed by atoms with Crippen molar-refractivity contribution >= 4 is 22.6 Å². The van der Waals surface area contributed by atoms with Crippen LogP contribution in [0.2, 0.25) is 0 Å². The fraction of sp³-hybridized carbons (Fsp3) is 0.167. The molecule has 6 nitrogen and oxygen atoms in total. The van der Waals surface area contributed by atoms with Crippen LogP contribution in [0.5, 0.6) is 5.75 Å². The highest BCUT2D eigenvalue weighted by Crippen LogP contribution is 2.34. The van der Waals surface area contributed by atoms with Crippen molar-refractivity contribution < 1.29 is 9.53 Å². The number of carbonyl (C=O) groups excluding carboxylic acids is 1. The van der Waals surface area contributed by atoms with Gasteiger partial charge in [-0.1, -0.05) is 48.5 Å². The lowest BCUT2D eigenvalue weighted by Gasteiger charge is -2.18. The molecule has 0 N–H and O–H groups in total. The van der Waals surface area contributed by atoms with Gasteiger partial charge >= 0.3 is 5.69 Å². The van der Waals surface area contributed by atoms with Gasteiger partial charge in [0.15, 0.2) is 0 Å². The highest BCUT2D eigenvalue weighted by Gasteiger charge is 2.24. The van der Waals surface area contributed by atoms with Crippen LogP contribution in [0.3, 0.4) is 0 Å². The Balaban J connectivity index is 1.62. The zero-order valence-corrected chi connectivity index (χ0v) is 16.6. The van der Waals surface area contributed by atoms with E-state index in [4.69, 9.17) is 4.74 Å². The smallest absolute Gasteiger partial charge is 0.329 e. The van der Waals surface area contributed by atoms with E-state index in [2.05, 4.69) is 0 Å². The molecule has 4 aromatic rings. The summed E-state index contributed by atoms with van der Waals surface area (Å²) in [6.07, 6.45) is 0. The number of benzene rings is 3. The second-order valence-electron chi connectivity index (χ2n) is 7.37. The predicted octanol–water partition coefficient (Wildman–Crippen LogP) is 3.53. The molecule has 150 valence electrons. The van der Waals surface area contributed by atoms with Crippen molar-refractivity contribution in [3.8, 4) is 16.9 Å². The monoisotopic (exact) mass is 399 g/mol. The van der Waals surface area contributed by atoms with Gasteiger partial charge in [-0.25, -0.2) is 4.79 Å². The molecule has 0 bridgehead atoms. The molecule has 1 aliphatic rings. The number of para-hydroxylation sites is 1. The van der Waals surface area contributed by atoms with Crippen LogP contribution >= 0.6 is 0 Å². The van der Waals surface area contributed by atoms with E-state index in [0.717, 1.165) is 22.3 Å². The Labute approximate surface area is 173 Å². The van der Waals surface area contributed by atoms with E-state index in [1.165, 1.54) is 0 Å². The van der Waals surface area contributed by atoms with Crippen molar-refractivity contribution in [3.05, 3.63) is 83.3 Å². The van der Waals surface area contributed by atoms with Gasteiger partial charge in [0.05, 0.1) is 12.1 Å². The first-order valence-corrected chi connectivity index (χ1v) is 9.90. The zero-order chi connectivity index (χ0) is 20.7. The summed E-state index contributed by atoms with van der Waals surface area (Å²) < 4.78 is 9.14. The van der Waals surface area contributed by atoms with Crippen LogP contribution in [0.25, 0.3) is 22.2 Å². The van der Waals surface area contributed by atoms with E-state index >= 15 is 0 Å². The first kappa shape index (κ1) is 18.2. The van der Waals surface area contributed by atoms with Crippen molar-refractivity contribution in [2.24, 2.45) is 0 Å². The van der Waals surface area contributed by atoms with Crippen LogP contribution < -0.4 is 15.3 Å². The first-order valence-electron chi connectivity index (χ1n) is 9.90. The number of anilines is 1. The molecule has 0 saturated carbocycles. The van der Waals surface area contributed by atoms with Crippen LogP contribution in [-0.2, 0) is 17.9 Å². The summed E-state index contributed by atoms with van der Waals surface area (Å²) in [4.78, 5) is 27.7. The van der Waals surface area contributed by atoms with E-state index < -0.39 is 0 Å². The first-order chi connectivity index (χ1) is 14.6. The number of carbonyl (C=O) groups is 1. The molecule has 1 amide bonds. The lowest BCUT2D eigenvalue weighted by atomic mass is 10.0. The average molecular weight is 399 g/mol. The largest absolute Gasteiger partial charge is 0.489 e. The Morgan fingerprint density at radius 3 is 2.43 bits per heavy atom. The summed E-state index contributed by atoms with van der Waals surface area (Å²) in [5, 5.41) is 0. The number of nitrogens with zero attached hydrogens (tertiary/aromatic N) is 3. The van der Waals surface area contributed by atoms with Crippen molar-refractivity contribution in [1.82, 2.24) is 9.13 Å². The summed E-state index contributed by atoms with van der Waals surface area (Å²) >= 11 is 0. The molecule has 0 atom stereocenters. The molecular weight excluding hydrogens is 378 g/mol. The molecular formula is C24H21N3O3. The number of aromatic nitrogens is 2. The number of ether oxygens (including phenoxy) is 1. The molecule has 2 heterocycles. The van der Waals surface area contributed by atoms with E-state index in [-0.39, 0.29) is 18.1 Å². The molecule has 3 aromatic carbocycles. The Morgan fingerprint density at radius 2 is 1.70 bits per heavy atom. The maximum absolute atomic E-state index is 13.1. The van der Waals surface area contributed by atoms with Crippen LogP contribution in [0.4, 0.5) is 5.69 Å². The highest BCUT2D eigenvalue weighted by atomic mass is 16.5. The van der Waals surface area contributed by atoms with E-state index in [0.29, 0.717) is 24.4 Å². The maximum Gasteiger partial charge on any atom is 0.329 e. The van der Waals surface area contributed by atoms with Crippen LogP contribution in [-0.4, -0.2) is 28.7 Å². The summed E-state index contributed by atoms with van der Waals surface area (Å²) in [5.41, 5.74) is 4.05. The van der Waals surface area contributed by atoms with Gasteiger partial charge in [0.1, 0.15) is 24.4 Å². The van der Waals surface area contributed by atoms with Gasteiger partial charge in [0.25, 0.3) is 0 Å². The second-order valence-corrected chi connectivity index (χ2v) is 7.37. The third-order valence-electron chi connectivity index (χ3n) is 5.57. The fourth-order valence-electron chi connectivity index (χ4n) is 3.97. The van der Waals surface area contributed by atoms with E-state index in [1.54, 1.807) is 21.1 Å². The van der Waals surface area contributed by atoms with Gasteiger partial charge in [-0.2, -0.15) is 0 Å². The van der Waals surface area contributed by atoms with Crippen molar-refractivity contribution in [2.75, 3.05) is 18.6 Å². The minimum absolute atomic E-state index is 0.0363. The van der Waals surface area contributed by atoms with Gasteiger partial charge < -0.3 is 9.64 Å². The summed E-state index contributed by atoms with van der Waals surface area (Å²) in [6, 6.07) is 23.3. The number of hydrogen-bond acceptors (Lipinski definition) is 3. The topological polar surface area (TPSA) is 56.5 Å². The quantitative estimate of drug-likeness (QED) is 0.528. The minimum atomic E-state index is -0.186.